The van der Waals surface area contributed by atoms with Gasteiger partial charge in [-0.05, 0) is 13.1 Å². The van der Waals surface area contributed by atoms with E-state index in [-0.39, 0.29) is 17.5 Å². The monoisotopic (exact) mass is 341 g/mol. The minimum Gasteiger partial charge on any atom is -0.357 e. The Hall–Kier alpha value is -2.29. The maximum absolute atomic E-state index is 12.6. The molecule has 6 nitrogen and oxygen atoms in total. The summed E-state index contributed by atoms with van der Waals surface area (Å²) in [6, 6.07) is 0.634. The molecule has 0 radical (unpaired) electrons. The molecule has 0 aliphatic carbocycles. The molecular formula is C15H18F3N5O. The molecule has 2 aromatic heterocycles. The van der Waals surface area contributed by atoms with E-state index in [9.17, 15) is 18.0 Å². The summed E-state index contributed by atoms with van der Waals surface area (Å²) >= 11 is 0. The van der Waals surface area contributed by atoms with Crippen LogP contribution in [-0.2, 0) is 13.2 Å². The van der Waals surface area contributed by atoms with E-state index in [1.807, 2.05) is 18.7 Å². The molecule has 130 valence electrons. The minimum absolute atomic E-state index is 0.0272. The van der Waals surface area contributed by atoms with Crippen LogP contribution in [0.4, 0.5) is 13.2 Å². The predicted molar refractivity (Wildman–Crippen MR) is 80.5 cm³/mol. The molecule has 1 aliphatic heterocycles. The Kier molecular flexibility index (Phi) is 4.12. The maximum atomic E-state index is 12.6. The number of carbonyl (C=O) groups is 1. The van der Waals surface area contributed by atoms with Crippen molar-refractivity contribution in [2.45, 2.75) is 18.1 Å². The van der Waals surface area contributed by atoms with Crippen LogP contribution in [0.15, 0.2) is 24.8 Å². The Morgan fingerprint density at radius 3 is 2.71 bits per heavy atom. The quantitative estimate of drug-likeness (QED) is 0.891. The number of amides is 1. The van der Waals surface area contributed by atoms with Crippen LogP contribution in [0.5, 0.6) is 0 Å². The number of likely N-dealkylation sites (tertiary alicyclic amines) is 1. The van der Waals surface area contributed by atoms with Crippen molar-refractivity contribution in [2.24, 2.45) is 7.05 Å². The first-order valence-electron chi connectivity index (χ1n) is 7.47. The molecule has 1 amide bonds. The molecule has 0 aromatic carbocycles. The van der Waals surface area contributed by atoms with Gasteiger partial charge >= 0.3 is 6.18 Å². The lowest BCUT2D eigenvalue weighted by molar-refractivity contribution is -0.140. The van der Waals surface area contributed by atoms with Crippen LogP contribution < -0.4 is 5.32 Å². The van der Waals surface area contributed by atoms with Crippen LogP contribution in [0.3, 0.4) is 0 Å². The summed E-state index contributed by atoms with van der Waals surface area (Å²) in [6.07, 6.45) is 0.0224. The summed E-state index contributed by atoms with van der Waals surface area (Å²) in [5.41, 5.74) is 0.0229. The van der Waals surface area contributed by atoms with Crippen LogP contribution in [0, 0.1) is 0 Å². The van der Waals surface area contributed by atoms with Crippen molar-refractivity contribution < 1.29 is 18.0 Å². The lowest BCUT2D eigenvalue weighted by Gasteiger charge is -2.20. The van der Waals surface area contributed by atoms with Crippen molar-refractivity contribution in [3.63, 3.8) is 0 Å². The summed E-state index contributed by atoms with van der Waals surface area (Å²) in [7, 11) is 3.81. The highest BCUT2D eigenvalue weighted by atomic mass is 19.4. The minimum atomic E-state index is -4.50. The van der Waals surface area contributed by atoms with E-state index in [2.05, 4.69) is 20.2 Å². The number of rotatable bonds is 3. The zero-order valence-corrected chi connectivity index (χ0v) is 13.3. The van der Waals surface area contributed by atoms with Crippen molar-refractivity contribution in [3.05, 3.63) is 41.7 Å². The van der Waals surface area contributed by atoms with Gasteiger partial charge in [0.05, 0.1) is 17.9 Å². The molecule has 3 heterocycles. The van der Waals surface area contributed by atoms with E-state index >= 15 is 0 Å². The molecule has 0 unspecified atom stereocenters. The van der Waals surface area contributed by atoms with Crippen molar-refractivity contribution in [3.8, 4) is 0 Å². The Morgan fingerprint density at radius 2 is 2.12 bits per heavy atom. The van der Waals surface area contributed by atoms with Gasteiger partial charge < -0.3 is 19.8 Å². The van der Waals surface area contributed by atoms with Gasteiger partial charge in [-0.25, -0.2) is 4.98 Å². The number of aromatic nitrogens is 3. The normalized spacial score (nSPS) is 22.0. The molecule has 1 aliphatic rings. The highest BCUT2D eigenvalue weighted by Crippen LogP contribution is 2.29. The van der Waals surface area contributed by atoms with Crippen molar-refractivity contribution >= 4 is 5.91 Å². The number of hydrogen-bond donors (Lipinski definition) is 2. The topological polar surface area (TPSA) is 66.0 Å². The zero-order valence-electron chi connectivity index (χ0n) is 13.3. The third-order valence-corrected chi connectivity index (χ3v) is 4.30. The molecule has 3 rings (SSSR count). The first-order chi connectivity index (χ1) is 11.3. The molecule has 0 bridgehead atoms. The number of alkyl halides is 3. The Balaban J connectivity index is 1.75. The summed E-state index contributed by atoms with van der Waals surface area (Å²) in [5, 5.41) is 2.85. The number of carbonyl (C=O) groups excluding carboxylic acids is 1. The van der Waals surface area contributed by atoms with Crippen molar-refractivity contribution in [1.29, 1.82) is 0 Å². The average molecular weight is 341 g/mol. The summed E-state index contributed by atoms with van der Waals surface area (Å²) in [4.78, 5) is 20.6. The summed E-state index contributed by atoms with van der Waals surface area (Å²) in [5.74, 6) is -0.485. The largest absolute Gasteiger partial charge is 0.431 e. The maximum Gasteiger partial charge on any atom is 0.431 e. The van der Waals surface area contributed by atoms with Gasteiger partial charge in [0.15, 0.2) is 0 Å². The van der Waals surface area contributed by atoms with Crippen LogP contribution in [0.2, 0.25) is 0 Å². The van der Waals surface area contributed by atoms with E-state index in [0.29, 0.717) is 6.54 Å². The molecule has 1 saturated heterocycles. The number of nitrogens with zero attached hydrogens (tertiary/aromatic N) is 3. The van der Waals surface area contributed by atoms with Gasteiger partial charge in [-0.1, -0.05) is 0 Å². The lowest BCUT2D eigenvalue weighted by atomic mass is 10.00. The number of hydrogen-bond acceptors (Lipinski definition) is 3. The van der Waals surface area contributed by atoms with Gasteiger partial charge in [0.25, 0.3) is 5.91 Å². The van der Waals surface area contributed by atoms with Gasteiger partial charge in [0.1, 0.15) is 5.69 Å². The fraction of sp³-hybridized carbons (Fsp3) is 0.467. The molecule has 9 heteroatoms. The van der Waals surface area contributed by atoms with Gasteiger partial charge in [0.2, 0.25) is 0 Å². The standard InChI is InChI=1S/C15H18F3N5O/c1-22-6-10(12-5-19-8-23(12)2)11(7-22)21-14(24)9-3-13(20-4-9)15(16,17)18/h3-5,8,10-11,20H,6-7H2,1-2H3,(H,21,24)/t10-,11-/m1/s1. The van der Waals surface area contributed by atoms with E-state index in [1.54, 1.807) is 12.5 Å². The van der Waals surface area contributed by atoms with Crippen molar-refractivity contribution in [1.82, 2.24) is 24.8 Å². The Morgan fingerprint density at radius 1 is 1.38 bits per heavy atom. The number of likely N-dealkylation sites (N-methyl/N-ethyl adjacent to an activating group) is 1. The number of H-pyrrole nitrogens is 1. The Bertz CT molecular complexity index is 736. The van der Waals surface area contributed by atoms with Crippen LogP contribution in [0.1, 0.15) is 27.7 Å². The van der Waals surface area contributed by atoms with E-state index < -0.39 is 17.8 Å². The average Bonchev–Trinajstić information content (AvgIpc) is 3.17. The summed E-state index contributed by atoms with van der Waals surface area (Å²) < 4.78 is 39.8. The number of halogens is 3. The van der Waals surface area contributed by atoms with Crippen LogP contribution in [-0.4, -0.2) is 51.5 Å². The molecule has 2 atom stereocenters. The molecule has 24 heavy (non-hydrogen) atoms. The number of aromatic amines is 1. The van der Waals surface area contributed by atoms with Crippen LogP contribution in [0.25, 0.3) is 0 Å². The molecule has 0 saturated carbocycles. The first-order valence-corrected chi connectivity index (χ1v) is 7.47. The molecule has 1 fully saturated rings. The van der Waals surface area contributed by atoms with E-state index in [4.69, 9.17) is 0 Å². The second kappa shape index (κ2) is 5.97. The highest BCUT2D eigenvalue weighted by Gasteiger charge is 2.36. The second-order valence-corrected chi connectivity index (χ2v) is 6.14. The molecule has 0 spiro atoms. The van der Waals surface area contributed by atoms with E-state index in [0.717, 1.165) is 24.5 Å². The van der Waals surface area contributed by atoms with Gasteiger partial charge in [-0.2, -0.15) is 13.2 Å². The third-order valence-electron chi connectivity index (χ3n) is 4.30. The van der Waals surface area contributed by atoms with Gasteiger partial charge in [-0.15, -0.1) is 0 Å². The van der Waals surface area contributed by atoms with Gasteiger partial charge in [-0.3, -0.25) is 4.79 Å². The smallest absolute Gasteiger partial charge is 0.357 e. The fourth-order valence-electron chi connectivity index (χ4n) is 3.11. The van der Waals surface area contributed by atoms with Gasteiger partial charge in [0, 0.05) is 44.1 Å². The first kappa shape index (κ1) is 16.6. The molecule has 2 N–H and O–H groups in total. The van der Waals surface area contributed by atoms with E-state index in [1.165, 1.54) is 0 Å². The molecular weight excluding hydrogens is 323 g/mol. The number of imidazole rings is 1. The fourth-order valence-corrected chi connectivity index (χ4v) is 3.11. The SMILES string of the molecule is CN1C[C@@H](NC(=O)c2c[nH]c(C(F)(F)F)c2)[C@H](c2cncn2C)C1. The Labute approximate surface area is 136 Å². The van der Waals surface area contributed by atoms with Crippen LogP contribution >= 0.6 is 0 Å². The zero-order chi connectivity index (χ0) is 17.5. The summed E-state index contributed by atoms with van der Waals surface area (Å²) in [6.45, 7) is 1.36. The predicted octanol–water partition coefficient (Wildman–Crippen LogP) is 1.59. The number of aryl methyl sites for hydroxylation is 1. The number of nitrogens with one attached hydrogen (secondary N) is 2. The molecule has 2 aromatic rings. The third kappa shape index (κ3) is 3.16. The highest BCUT2D eigenvalue weighted by molar-refractivity contribution is 5.94. The lowest BCUT2D eigenvalue weighted by Crippen LogP contribution is -2.39. The second-order valence-electron chi connectivity index (χ2n) is 6.14. The van der Waals surface area contributed by atoms with Crippen molar-refractivity contribution in [2.75, 3.05) is 20.1 Å².